The number of nitrogens with one attached hydrogen (secondary N) is 1. The second-order valence-corrected chi connectivity index (χ2v) is 5.76. The van der Waals surface area contributed by atoms with E-state index in [1.54, 1.807) is 42.7 Å². The van der Waals surface area contributed by atoms with E-state index in [4.69, 9.17) is 21.4 Å². The molecule has 122 valence electrons. The first-order valence-electron chi connectivity index (χ1n) is 7.30. The zero-order valence-corrected chi connectivity index (χ0v) is 13.7. The van der Waals surface area contributed by atoms with Gasteiger partial charge in [-0.2, -0.15) is 0 Å². The van der Waals surface area contributed by atoms with Crippen molar-refractivity contribution in [2.24, 2.45) is 5.92 Å². The van der Waals surface area contributed by atoms with Crippen molar-refractivity contribution in [1.82, 2.24) is 10.3 Å². The number of hydrogen-bond donors (Lipinski definition) is 2. The number of pyridine rings is 1. The molecule has 0 aliphatic heterocycles. The molecule has 0 spiro atoms. The number of amides is 1. The third-order valence-corrected chi connectivity index (χ3v) is 3.87. The van der Waals surface area contributed by atoms with Gasteiger partial charge in [0.25, 0.3) is 5.91 Å². The van der Waals surface area contributed by atoms with Gasteiger partial charge in [0.1, 0.15) is 11.5 Å². The Hall–Kier alpha value is -2.11. The van der Waals surface area contributed by atoms with E-state index >= 15 is 0 Å². The number of aliphatic hydroxyl groups is 1. The summed E-state index contributed by atoms with van der Waals surface area (Å²) in [7, 11) is 0. The van der Waals surface area contributed by atoms with E-state index in [1.807, 2.05) is 13.8 Å². The number of aliphatic hydroxyl groups excluding tert-OH is 1. The fourth-order valence-corrected chi connectivity index (χ4v) is 2.07. The van der Waals surface area contributed by atoms with Crippen LogP contribution in [0.4, 0.5) is 0 Å². The van der Waals surface area contributed by atoms with Crippen molar-refractivity contribution >= 4 is 17.5 Å². The molecule has 2 unspecified atom stereocenters. The zero-order valence-electron chi connectivity index (χ0n) is 13.0. The molecule has 1 aromatic carbocycles. The van der Waals surface area contributed by atoms with Gasteiger partial charge in [-0.05, 0) is 43.2 Å². The molecule has 6 heteroatoms. The molecule has 0 saturated heterocycles. The van der Waals surface area contributed by atoms with Crippen molar-refractivity contribution in [3.63, 3.8) is 0 Å². The summed E-state index contributed by atoms with van der Waals surface area (Å²) in [5, 5.41) is 12.3. The average Bonchev–Trinajstić information content (AvgIpc) is 2.56. The molecule has 5 nitrogen and oxygen atoms in total. The molecule has 0 aliphatic carbocycles. The van der Waals surface area contributed by atoms with Crippen LogP contribution in [-0.2, 0) is 0 Å². The zero-order chi connectivity index (χ0) is 16.8. The number of benzene rings is 1. The van der Waals surface area contributed by atoms with E-state index in [-0.39, 0.29) is 24.5 Å². The van der Waals surface area contributed by atoms with E-state index in [0.29, 0.717) is 22.1 Å². The van der Waals surface area contributed by atoms with Gasteiger partial charge < -0.3 is 15.2 Å². The highest BCUT2D eigenvalue weighted by Gasteiger charge is 2.16. The van der Waals surface area contributed by atoms with Crippen LogP contribution in [0.1, 0.15) is 24.2 Å². The predicted octanol–water partition coefficient (Wildman–Crippen LogP) is 3.27. The average molecular weight is 335 g/mol. The number of ether oxygens (including phenoxy) is 1. The second kappa shape index (κ2) is 7.94. The minimum absolute atomic E-state index is 0.0148. The van der Waals surface area contributed by atoms with Gasteiger partial charge in [-0.25, -0.2) is 0 Å². The third-order valence-electron chi connectivity index (χ3n) is 3.57. The van der Waals surface area contributed by atoms with Crippen LogP contribution in [0.15, 0.2) is 42.7 Å². The van der Waals surface area contributed by atoms with Gasteiger partial charge in [0.15, 0.2) is 0 Å². The van der Waals surface area contributed by atoms with Crippen molar-refractivity contribution in [3.8, 4) is 11.5 Å². The van der Waals surface area contributed by atoms with Crippen molar-refractivity contribution in [1.29, 1.82) is 0 Å². The first kappa shape index (κ1) is 17.2. The largest absolute Gasteiger partial charge is 0.456 e. The first-order chi connectivity index (χ1) is 11.0. The normalized spacial score (nSPS) is 13.2. The van der Waals surface area contributed by atoms with Gasteiger partial charge in [-0.3, -0.25) is 9.78 Å². The molecule has 2 rings (SSSR count). The summed E-state index contributed by atoms with van der Waals surface area (Å²) in [6, 6.07) is 8.15. The van der Waals surface area contributed by atoms with Gasteiger partial charge in [0.05, 0.1) is 5.02 Å². The molecule has 1 aromatic heterocycles. The quantitative estimate of drug-likeness (QED) is 0.850. The summed E-state index contributed by atoms with van der Waals surface area (Å²) in [5.74, 6) is 0.814. The summed E-state index contributed by atoms with van der Waals surface area (Å²) >= 11 is 6.19. The Kier molecular flexibility index (Phi) is 5.96. The highest BCUT2D eigenvalue weighted by atomic mass is 35.5. The molecule has 2 N–H and O–H groups in total. The number of carbonyl (C=O) groups excluding carboxylic acids is 1. The lowest BCUT2D eigenvalue weighted by atomic mass is 10.0. The topological polar surface area (TPSA) is 71.5 Å². The third kappa shape index (κ3) is 4.68. The molecule has 0 saturated carbocycles. The summed E-state index contributed by atoms with van der Waals surface area (Å²) < 4.78 is 5.64. The van der Waals surface area contributed by atoms with E-state index in [0.717, 1.165) is 0 Å². The molecule has 2 atom stereocenters. The molecule has 0 radical (unpaired) electrons. The fraction of sp³-hybridized carbons (Fsp3) is 0.294. The van der Waals surface area contributed by atoms with Crippen LogP contribution in [0.2, 0.25) is 5.02 Å². The SMILES string of the molecule is CC(CO)C(C)NC(=O)c1ccc(Oc2ccncc2)c(Cl)c1. The lowest BCUT2D eigenvalue weighted by Crippen LogP contribution is -2.38. The summed E-state index contributed by atoms with van der Waals surface area (Å²) in [6.45, 7) is 3.73. The Balaban J connectivity index is 2.08. The van der Waals surface area contributed by atoms with Crippen molar-refractivity contribution < 1.29 is 14.6 Å². The predicted molar refractivity (Wildman–Crippen MR) is 88.9 cm³/mol. The lowest BCUT2D eigenvalue weighted by Gasteiger charge is -2.19. The molecule has 0 fully saturated rings. The Labute approximate surface area is 140 Å². The van der Waals surface area contributed by atoms with Crippen LogP contribution >= 0.6 is 11.6 Å². The van der Waals surface area contributed by atoms with Gasteiger partial charge in [0, 0.05) is 30.6 Å². The molecular weight excluding hydrogens is 316 g/mol. The van der Waals surface area contributed by atoms with E-state index < -0.39 is 0 Å². The molecule has 0 aliphatic rings. The number of carbonyl (C=O) groups is 1. The molecule has 1 amide bonds. The van der Waals surface area contributed by atoms with Gasteiger partial charge >= 0.3 is 0 Å². The Morgan fingerprint density at radius 1 is 1.30 bits per heavy atom. The van der Waals surface area contributed by atoms with Gasteiger partial charge in [-0.1, -0.05) is 18.5 Å². The highest BCUT2D eigenvalue weighted by molar-refractivity contribution is 6.32. The van der Waals surface area contributed by atoms with Crippen molar-refractivity contribution in [3.05, 3.63) is 53.3 Å². The Morgan fingerprint density at radius 2 is 2.00 bits per heavy atom. The minimum atomic E-state index is -0.241. The number of hydrogen-bond acceptors (Lipinski definition) is 4. The van der Waals surface area contributed by atoms with Gasteiger partial charge in [-0.15, -0.1) is 0 Å². The molecule has 2 aromatic rings. The van der Waals surface area contributed by atoms with Crippen molar-refractivity contribution in [2.75, 3.05) is 6.61 Å². The number of rotatable bonds is 6. The van der Waals surface area contributed by atoms with Crippen molar-refractivity contribution in [2.45, 2.75) is 19.9 Å². The van der Waals surface area contributed by atoms with E-state index in [1.165, 1.54) is 0 Å². The molecular formula is C17H19ClN2O3. The number of halogens is 1. The minimum Gasteiger partial charge on any atom is -0.456 e. The highest BCUT2D eigenvalue weighted by Crippen LogP contribution is 2.29. The summed E-state index contributed by atoms with van der Waals surface area (Å²) in [4.78, 5) is 16.1. The fourth-order valence-electron chi connectivity index (χ4n) is 1.85. The van der Waals surface area contributed by atoms with Crippen LogP contribution < -0.4 is 10.1 Å². The second-order valence-electron chi connectivity index (χ2n) is 5.35. The lowest BCUT2D eigenvalue weighted by molar-refractivity contribution is 0.0916. The maximum absolute atomic E-state index is 12.2. The van der Waals surface area contributed by atoms with Crippen LogP contribution in [-0.4, -0.2) is 28.6 Å². The van der Waals surface area contributed by atoms with Gasteiger partial charge in [0.2, 0.25) is 0 Å². The first-order valence-corrected chi connectivity index (χ1v) is 7.68. The summed E-state index contributed by atoms with van der Waals surface area (Å²) in [6.07, 6.45) is 3.24. The number of nitrogens with zero attached hydrogens (tertiary/aromatic N) is 1. The maximum atomic E-state index is 12.2. The molecule has 1 heterocycles. The smallest absolute Gasteiger partial charge is 0.251 e. The summed E-state index contributed by atoms with van der Waals surface area (Å²) in [5.41, 5.74) is 0.439. The van der Waals surface area contributed by atoms with Crippen LogP contribution in [0, 0.1) is 5.92 Å². The Morgan fingerprint density at radius 3 is 2.61 bits per heavy atom. The van der Waals surface area contributed by atoms with E-state index in [9.17, 15) is 4.79 Å². The maximum Gasteiger partial charge on any atom is 0.251 e. The molecule has 0 bridgehead atoms. The Bertz CT molecular complexity index is 664. The van der Waals surface area contributed by atoms with Crippen LogP contribution in [0.25, 0.3) is 0 Å². The van der Waals surface area contributed by atoms with Crippen LogP contribution in [0.5, 0.6) is 11.5 Å². The molecule has 23 heavy (non-hydrogen) atoms. The monoisotopic (exact) mass is 334 g/mol. The number of aromatic nitrogens is 1. The van der Waals surface area contributed by atoms with Crippen LogP contribution in [0.3, 0.4) is 0 Å². The van der Waals surface area contributed by atoms with E-state index in [2.05, 4.69) is 10.3 Å². The standard InChI is InChI=1S/C17H19ClN2O3/c1-11(10-21)12(2)20-17(22)13-3-4-16(15(18)9-13)23-14-5-7-19-8-6-14/h3-9,11-12,21H,10H2,1-2H3,(H,20,22).